The maximum Gasteiger partial charge on any atom is 0.341 e. The van der Waals surface area contributed by atoms with E-state index < -0.39 is 20.3 Å². The lowest BCUT2D eigenvalue weighted by atomic mass is 10.0. The summed E-state index contributed by atoms with van der Waals surface area (Å²) in [6.45, 7) is 7.79. The summed E-state index contributed by atoms with van der Waals surface area (Å²) in [6.07, 6.45) is 0. The van der Waals surface area contributed by atoms with Crippen molar-refractivity contribution in [3.63, 3.8) is 0 Å². The molecule has 0 aliphatic carbocycles. The van der Waals surface area contributed by atoms with Gasteiger partial charge in [0.25, 0.3) is 0 Å². The molecule has 1 aromatic heterocycles. The molecule has 0 aromatic carbocycles. The number of hydrogen-bond donors (Lipinski definition) is 1. The minimum Gasteiger partial charge on any atom is -0.515 e. The zero-order chi connectivity index (χ0) is 17.6. The first-order valence-electron chi connectivity index (χ1n) is 7.57. The highest BCUT2D eigenvalue weighted by Crippen LogP contribution is 2.40. The van der Waals surface area contributed by atoms with Crippen LogP contribution in [0, 0.1) is 6.92 Å². The van der Waals surface area contributed by atoms with Crippen LogP contribution < -0.4 is 5.73 Å². The van der Waals surface area contributed by atoms with Crippen molar-refractivity contribution < 1.29 is 14.0 Å². The van der Waals surface area contributed by atoms with Gasteiger partial charge in [0.15, 0.2) is 5.82 Å². The molecule has 130 valence electrons. The number of nitrogens with two attached hydrogens (primary N) is 1. The van der Waals surface area contributed by atoms with Gasteiger partial charge < -0.3 is 10.2 Å². The smallest absolute Gasteiger partial charge is 0.341 e. The number of aryl methyl sites for hydroxylation is 1. The van der Waals surface area contributed by atoms with E-state index in [1.54, 1.807) is 6.92 Å². The van der Waals surface area contributed by atoms with Crippen LogP contribution in [0.2, 0.25) is 19.6 Å². The van der Waals surface area contributed by atoms with Crippen LogP contribution in [-0.4, -0.2) is 62.5 Å². The molecule has 2 aliphatic rings. The van der Waals surface area contributed by atoms with E-state index in [9.17, 15) is 9.59 Å². The molecule has 11 heteroatoms. The number of nitrogens with zero attached hydrogens (tertiary/aromatic N) is 5. The average Bonchev–Trinajstić information content (AvgIpc) is 2.89. The van der Waals surface area contributed by atoms with E-state index in [0.29, 0.717) is 17.3 Å². The molecule has 2 aliphatic heterocycles. The summed E-state index contributed by atoms with van der Waals surface area (Å²) in [5.41, 5.74) is 6.89. The first-order valence-corrected chi connectivity index (χ1v) is 12.0. The standard InChI is InChI=1S/C13H20N6O3SSi/c1-7-15-17-18(16-7)5-8-6-23-12-9(14)11(20)19(12)10(8)13(21)22-24(2,3)4/h9,12H,5-6,14H2,1-4H3/t9?,12-/m1/s1. The summed E-state index contributed by atoms with van der Waals surface area (Å²) in [6, 6.07) is -0.571. The van der Waals surface area contributed by atoms with Crippen LogP contribution in [0.15, 0.2) is 11.3 Å². The lowest BCUT2D eigenvalue weighted by Gasteiger charge is -2.48. The first-order chi connectivity index (χ1) is 11.2. The lowest BCUT2D eigenvalue weighted by Crippen LogP contribution is -2.68. The molecular formula is C13H20N6O3SSi. The van der Waals surface area contributed by atoms with Crippen LogP contribution in [-0.2, 0) is 20.6 Å². The van der Waals surface area contributed by atoms with E-state index in [1.807, 2.05) is 19.6 Å². The van der Waals surface area contributed by atoms with Gasteiger partial charge in [-0.1, -0.05) is 0 Å². The summed E-state index contributed by atoms with van der Waals surface area (Å²) >= 11 is 1.53. The zero-order valence-corrected chi connectivity index (χ0v) is 15.8. The van der Waals surface area contributed by atoms with Gasteiger partial charge >= 0.3 is 5.97 Å². The number of hydrogen-bond acceptors (Lipinski definition) is 8. The molecule has 0 spiro atoms. The molecule has 1 aromatic rings. The molecule has 3 heterocycles. The van der Waals surface area contributed by atoms with E-state index in [0.717, 1.165) is 5.57 Å². The molecule has 1 unspecified atom stereocenters. The quantitative estimate of drug-likeness (QED) is 0.576. The maximum absolute atomic E-state index is 12.7. The van der Waals surface area contributed by atoms with Crippen molar-refractivity contribution in [2.75, 3.05) is 5.75 Å². The second-order valence-electron chi connectivity index (χ2n) is 6.76. The largest absolute Gasteiger partial charge is 0.515 e. The molecule has 0 radical (unpaired) electrons. The van der Waals surface area contributed by atoms with Crippen molar-refractivity contribution in [1.29, 1.82) is 0 Å². The fourth-order valence-corrected chi connectivity index (χ4v) is 4.51. The number of amides is 1. The molecule has 0 saturated carbocycles. The highest BCUT2D eigenvalue weighted by molar-refractivity contribution is 8.00. The Morgan fingerprint density at radius 2 is 2.17 bits per heavy atom. The van der Waals surface area contributed by atoms with Gasteiger partial charge in [-0.15, -0.1) is 22.0 Å². The third-order valence-corrected chi connectivity index (χ3v) is 5.72. The number of fused-ring (bicyclic) bond motifs is 1. The molecule has 9 nitrogen and oxygen atoms in total. The second kappa shape index (κ2) is 5.97. The van der Waals surface area contributed by atoms with Gasteiger partial charge in [0.05, 0.1) is 6.54 Å². The minimum absolute atomic E-state index is 0.212. The highest BCUT2D eigenvalue weighted by Gasteiger charge is 2.52. The predicted octanol–water partition coefficient (Wildman–Crippen LogP) is -0.144. The fraction of sp³-hybridized carbons (Fsp3) is 0.615. The summed E-state index contributed by atoms with van der Waals surface area (Å²) in [4.78, 5) is 27.8. The van der Waals surface area contributed by atoms with Gasteiger partial charge in [-0.2, -0.15) is 4.80 Å². The van der Waals surface area contributed by atoms with Crippen LogP contribution in [0.3, 0.4) is 0 Å². The fourth-order valence-electron chi connectivity index (χ4n) is 2.58. The predicted molar refractivity (Wildman–Crippen MR) is 90.1 cm³/mol. The molecule has 0 bridgehead atoms. The Bertz CT molecular complexity index is 728. The van der Waals surface area contributed by atoms with Gasteiger partial charge in [0, 0.05) is 5.75 Å². The Kier molecular flexibility index (Phi) is 4.26. The minimum atomic E-state index is -2.10. The number of carbonyl (C=O) groups is 2. The second-order valence-corrected chi connectivity index (χ2v) is 12.3. The van der Waals surface area contributed by atoms with Crippen molar-refractivity contribution in [2.45, 2.75) is 44.5 Å². The molecule has 3 rings (SSSR count). The molecule has 2 atom stereocenters. The van der Waals surface area contributed by atoms with Crippen molar-refractivity contribution in [1.82, 2.24) is 25.1 Å². The third kappa shape index (κ3) is 3.10. The van der Waals surface area contributed by atoms with Gasteiger partial charge in [0.2, 0.25) is 14.2 Å². The van der Waals surface area contributed by atoms with Crippen molar-refractivity contribution >= 4 is 32.0 Å². The van der Waals surface area contributed by atoms with Gasteiger partial charge in [0.1, 0.15) is 17.1 Å². The van der Waals surface area contributed by atoms with E-state index in [-0.39, 0.29) is 17.8 Å². The number of tetrazole rings is 1. The molecule has 1 amide bonds. The Morgan fingerprint density at radius 1 is 1.46 bits per heavy atom. The number of rotatable bonds is 4. The molecule has 2 N–H and O–H groups in total. The molecule has 1 saturated heterocycles. The van der Waals surface area contributed by atoms with Crippen LogP contribution in [0.25, 0.3) is 0 Å². The van der Waals surface area contributed by atoms with Gasteiger partial charge in [-0.25, -0.2) is 4.79 Å². The van der Waals surface area contributed by atoms with E-state index >= 15 is 0 Å². The van der Waals surface area contributed by atoms with Gasteiger partial charge in [-0.05, 0) is 37.4 Å². The Balaban J connectivity index is 1.95. The van der Waals surface area contributed by atoms with Crippen molar-refractivity contribution in [3.05, 3.63) is 17.1 Å². The van der Waals surface area contributed by atoms with E-state index in [4.69, 9.17) is 10.2 Å². The van der Waals surface area contributed by atoms with Gasteiger partial charge in [-0.3, -0.25) is 9.69 Å². The van der Waals surface area contributed by atoms with Crippen LogP contribution in [0.4, 0.5) is 0 Å². The molecular weight excluding hydrogens is 348 g/mol. The lowest BCUT2D eigenvalue weighted by molar-refractivity contribution is -0.147. The first kappa shape index (κ1) is 17.1. The van der Waals surface area contributed by atoms with Crippen LogP contribution in [0.1, 0.15) is 5.82 Å². The Labute approximate surface area is 144 Å². The number of carbonyl (C=O) groups excluding carboxylic acids is 2. The van der Waals surface area contributed by atoms with Crippen molar-refractivity contribution in [2.24, 2.45) is 5.73 Å². The SMILES string of the molecule is Cc1nnn(CC2=C(C(=O)O[Si](C)(C)C)N3C(=O)C(N)[C@H]3SC2)n1. The summed E-state index contributed by atoms with van der Waals surface area (Å²) in [5, 5.41) is 11.7. The van der Waals surface area contributed by atoms with Crippen LogP contribution in [0.5, 0.6) is 0 Å². The molecule has 24 heavy (non-hydrogen) atoms. The zero-order valence-electron chi connectivity index (χ0n) is 14.0. The van der Waals surface area contributed by atoms with E-state index in [1.165, 1.54) is 21.5 Å². The third-order valence-electron chi connectivity index (χ3n) is 3.57. The van der Waals surface area contributed by atoms with Crippen molar-refractivity contribution in [3.8, 4) is 0 Å². The summed E-state index contributed by atoms with van der Waals surface area (Å²) < 4.78 is 5.62. The summed E-state index contributed by atoms with van der Waals surface area (Å²) in [5.74, 6) is 0.394. The topological polar surface area (TPSA) is 116 Å². The Hall–Kier alpha value is -1.72. The number of aromatic nitrogens is 4. The van der Waals surface area contributed by atoms with E-state index in [2.05, 4.69) is 15.4 Å². The monoisotopic (exact) mass is 368 g/mol. The molecule has 1 fully saturated rings. The highest BCUT2D eigenvalue weighted by atomic mass is 32.2. The average molecular weight is 368 g/mol. The normalized spacial score (nSPS) is 23.9. The maximum atomic E-state index is 12.7. The number of thioether (sulfide) groups is 1. The number of β-lactam (4-membered cyclic amide) rings is 1. The van der Waals surface area contributed by atoms with Crippen LogP contribution >= 0.6 is 11.8 Å². The Morgan fingerprint density at radius 3 is 2.75 bits per heavy atom. The summed E-state index contributed by atoms with van der Waals surface area (Å²) in [7, 11) is -2.10.